The second kappa shape index (κ2) is 11.7. The predicted molar refractivity (Wildman–Crippen MR) is 121 cm³/mol. The van der Waals surface area contributed by atoms with E-state index in [2.05, 4.69) is 10.3 Å². The van der Waals surface area contributed by atoms with Gasteiger partial charge in [0.05, 0.1) is 36.9 Å². The van der Waals surface area contributed by atoms with Crippen LogP contribution in [0, 0.1) is 0 Å². The summed E-state index contributed by atoms with van der Waals surface area (Å²) in [4.78, 5) is 39.0. The van der Waals surface area contributed by atoms with Gasteiger partial charge in [-0.15, -0.1) is 0 Å². The van der Waals surface area contributed by atoms with Gasteiger partial charge in [-0.1, -0.05) is 24.3 Å². The third-order valence-electron chi connectivity index (χ3n) is 4.12. The van der Waals surface area contributed by atoms with Crippen molar-refractivity contribution in [2.24, 2.45) is 0 Å². The number of ether oxygens (including phenoxy) is 1. The maximum atomic E-state index is 12.4. The summed E-state index contributed by atoms with van der Waals surface area (Å²) >= 11 is 0. The SMILES string of the molecule is CC(=O)O.COC(=O)N(Cc1ccc(C(=O)Nc2ccccc2N)cc1)c1cccnc1. The topological polar surface area (TPSA) is 135 Å². The number of benzene rings is 2. The number of aromatic nitrogens is 1. The van der Waals surface area contributed by atoms with Crippen LogP contribution in [0.2, 0.25) is 0 Å². The summed E-state index contributed by atoms with van der Waals surface area (Å²) in [6.45, 7) is 1.37. The molecule has 1 aromatic heterocycles. The number of pyridine rings is 1. The Hall–Kier alpha value is -4.40. The van der Waals surface area contributed by atoms with Gasteiger partial charge in [0.1, 0.15) is 0 Å². The van der Waals surface area contributed by atoms with Gasteiger partial charge in [-0.25, -0.2) is 4.79 Å². The number of hydrogen-bond donors (Lipinski definition) is 3. The number of nitrogen functional groups attached to an aromatic ring is 1. The summed E-state index contributed by atoms with van der Waals surface area (Å²) in [5.41, 5.74) is 8.85. The van der Waals surface area contributed by atoms with Crippen LogP contribution in [0.25, 0.3) is 0 Å². The van der Waals surface area contributed by atoms with Crippen molar-refractivity contribution in [3.63, 3.8) is 0 Å². The van der Waals surface area contributed by atoms with Crippen molar-refractivity contribution in [1.82, 2.24) is 4.98 Å². The lowest BCUT2D eigenvalue weighted by Crippen LogP contribution is -2.30. The molecule has 4 N–H and O–H groups in total. The zero-order valence-electron chi connectivity index (χ0n) is 17.7. The molecular formula is C23H24N4O5. The van der Waals surface area contributed by atoms with Crippen LogP contribution in [-0.4, -0.2) is 35.2 Å². The van der Waals surface area contributed by atoms with Crippen molar-refractivity contribution in [2.75, 3.05) is 23.1 Å². The van der Waals surface area contributed by atoms with E-state index in [1.54, 1.807) is 73.1 Å². The average Bonchev–Trinajstić information content (AvgIpc) is 2.79. The molecule has 1 heterocycles. The number of aliphatic carboxylic acids is 1. The first-order chi connectivity index (χ1) is 15.3. The molecule has 2 amide bonds. The molecule has 0 atom stereocenters. The smallest absolute Gasteiger partial charge is 0.414 e. The van der Waals surface area contributed by atoms with Crippen LogP contribution >= 0.6 is 0 Å². The third kappa shape index (κ3) is 7.13. The highest BCUT2D eigenvalue weighted by atomic mass is 16.5. The zero-order chi connectivity index (χ0) is 23.5. The second-order valence-corrected chi connectivity index (χ2v) is 6.52. The fourth-order valence-electron chi connectivity index (χ4n) is 2.63. The molecule has 9 nitrogen and oxygen atoms in total. The average molecular weight is 436 g/mol. The van der Waals surface area contributed by atoms with E-state index in [9.17, 15) is 9.59 Å². The van der Waals surface area contributed by atoms with Crippen LogP contribution in [0.3, 0.4) is 0 Å². The van der Waals surface area contributed by atoms with E-state index in [1.165, 1.54) is 12.0 Å². The van der Waals surface area contributed by atoms with Gasteiger partial charge in [0.2, 0.25) is 0 Å². The molecule has 32 heavy (non-hydrogen) atoms. The minimum absolute atomic E-state index is 0.262. The molecule has 3 aromatic rings. The number of carbonyl (C=O) groups excluding carboxylic acids is 2. The number of nitrogens with one attached hydrogen (secondary N) is 1. The van der Waals surface area contributed by atoms with Crippen LogP contribution in [0.5, 0.6) is 0 Å². The van der Waals surface area contributed by atoms with Gasteiger partial charge in [-0.05, 0) is 42.0 Å². The number of carboxylic acid groups (broad SMARTS) is 1. The highest BCUT2D eigenvalue weighted by Gasteiger charge is 2.17. The number of carbonyl (C=O) groups is 3. The number of carboxylic acids is 1. The maximum Gasteiger partial charge on any atom is 0.414 e. The number of methoxy groups -OCH3 is 1. The molecule has 0 spiro atoms. The van der Waals surface area contributed by atoms with Gasteiger partial charge in [0.15, 0.2) is 0 Å². The minimum Gasteiger partial charge on any atom is -0.481 e. The molecular weight excluding hydrogens is 412 g/mol. The lowest BCUT2D eigenvalue weighted by atomic mass is 10.1. The van der Waals surface area contributed by atoms with E-state index in [0.29, 0.717) is 22.6 Å². The van der Waals surface area contributed by atoms with Crippen molar-refractivity contribution in [2.45, 2.75) is 13.5 Å². The fourth-order valence-corrected chi connectivity index (χ4v) is 2.63. The van der Waals surface area contributed by atoms with Crippen molar-refractivity contribution in [1.29, 1.82) is 0 Å². The van der Waals surface area contributed by atoms with Gasteiger partial charge < -0.3 is 20.9 Å². The van der Waals surface area contributed by atoms with E-state index in [4.69, 9.17) is 20.4 Å². The van der Waals surface area contributed by atoms with Crippen molar-refractivity contribution in [3.05, 3.63) is 84.2 Å². The largest absolute Gasteiger partial charge is 0.481 e. The highest BCUT2D eigenvalue weighted by molar-refractivity contribution is 6.05. The Bertz CT molecular complexity index is 1050. The molecule has 0 saturated carbocycles. The molecule has 166 valence electrons. The van der Waals surface area contributed by atoms with Gasteiger partial charge in [0.25, 0.3) is 11.9 Å². The Morgan fingerprint density at radius 1 is 1.06 bits per heavy atom. The molecule has 3 rings (SSSR count). The molecule has 0 saturated heterocycles. The maximum absolute atomic E-state index is 12.4. The fraction of sp³-hybridized carbons (Fsp3) is 0.130. The number of para-hydroxylation sites is 2. The Labute approximate surface area is 185 Å². The summed E-state index contributed by atoms with van der Waals surface area (Å²) < 4.78 is 4.86. The first-order valence-corrected chi connectivity index (χ1v) is 9.51. The summed E-state index contributed by atoms with van der Waals surface area (Å²) in [5.74, 6) is -1.10. The Kier molecular flexibility index (Phi) is 8.73. The summed E-state index contributed by atoms with van der Waals surface area (Å²) in [6, 6.07) is 17.5. The monoisotopic (exact) mass is 436 g/mol. The van der Waals surface area contributed by atoms with E-state index < -0.39 is 12.1 Å². The number of nitrogens with two attached hydrogens (primary N) is 1. The highest BCUT2D eigenvalue weighted by Crippen LogP contribution is 2.20. The van der Waals surface area contributed by atoms with Crippen LogP contribution < -0.4 is 16.0 Å². The van der Waals surface area contributed by atoms with Crippen LogP contribution in [0.4, 0.5) is 21.9 Å². The molecule has 0 bridgehead atoms. The standard InChI is InChI=1S/C21H20N4O3.C2H4O2/c1-28-21(27)25(17-5-4-12-23-13-17)14-15-8-10-16(11-9-15)20(26)24-19-7-3-2-6-18(19)22;1-2(3)4/h2-13H,14,22H2,1H3,(H,24,26);1H3,(H,3,4). The molecule has 0 aliphatic carbocycles. The number of amides is 2. The van der Waals surface area contributed by atoms with E-state index in [1.807, 2.05) is 0 Å². The van der Waals surface area contributed by atoms with Crippen molar-refractivity contribution < 1.29 is 24.2 Å². The summed E-state index contributed by atoms with van der Waals surface area (Å²) in [5, 5.41) is 10.2. The number of rotatable bonds is 5. The van der Waals surface area contributed by atoms with Crippen LogP contribution in [-0.2, 0) is 16.1 Å². The number of nitrogens with zero attached hydrogens (tertiary/aromatic N) is 2. The third-order valence-corrected chi connectivity index (χ3v) is 4.12. The lowest BCUT2D eigenvalue weighted by molar-refractivity contribution is -0.134. The summed E-state index contributed by atoms with van der Waals surface area (Å²) in [6.07, 6.45) is 2.73. The molecule has 0 fully saturated rings. The molecule has 0 aliphatic rings. The quantitative estimate of drug-likeness (QED) is 0.518. The van der Waals surface area contributed by atoms with Crippen LogP contribution in [0.15, 0.2) is 73.1 Å². The molecule has 2 aromatic carbocycles. The van der Waals surface area contributed by atoms with Gasteiger partial charge in [-0.2, -0.15) is 0 Å². The minimum atomic E-state index is -0.833. The first kappa shape index (κ1) is 23.9. The molecule has 0 radical (unpaired) electrons. The van der Waals surface area contributed by atoms with Gasteiger partial charge in [-0.3, -0.25) is 19.5 Å². The summed E-state index contributed by atoms with van der Waals surface area (Å²) in [7, 11) is 1.33. The Morgan fingerprint density at radius 3 is 2.28 bits per heavy atom. The zero-order valence-corrected chi connectivity index (χ0v) is 17.7. The first-order valence-electron chi connectivity index (χ1n) is 9.51. The Balaban J connectivity index is 0.000000837. The molecule has 9 heteroatoms. The predicted octanol–water partition coefficient (Wildman–Crippen LogP) is 3.78. The van der Waals surface area contributed by atoms with Crippen molar-refractivity contribution in [3.8, 4) is 0 Å². The molecule has 0 aliphatic heterocycles. The van der Waals surface area contributed by atoms with E-state index >= 15 is 0 Å². The van der Waals surface area contributed by atoms with E-state index in [-0.39, 0.29) is 12.5 Å². The molecule has 0 unspecified atom stereocenters. The number of hydrogen-bond acceptors (Lipinski definition) is 6. The van der Waals surface area contributed by atoms with Gasteiger partial charge in [0, 0.05) is 18.7 Å². The van der Waals surface area contributed by atoms with E-state index in [0.717, 1.165) is 12.5 Å². The van der Waals surface area contributed by atoms with Gasteiger partial charge >= 0.3 is 6.09 Å². The normalized spacial score (nSPS) is 9.69. The number of anilines is 3. The van der Waals surface area contributed by atoms with Crippen molar-refractivity contribution >= 4 is 35.0 Å². The lowest BCUT2D eigenvalue weighted by Gasteiger charge is -2.21. The van der Waals surface area contributed by atoms with Crippen LogP contribution in [0.1, 0.15) is 22.8 Å². The Morgan fingerprint density at radius 2 is 1.72 bits per heavy atom. The second-order valence-electron chi connectivity index (χ2n) is 6.52.